The average molecular weight is 510 g/mol. The van der Waals surface area contributed by atoms with Gasteiger partial charge in [-0.1, -0.05) is 41.5 Å². The van der Waals surface area contributed by atoms with Gasteiger partial charge in [-0.15, -0.1) is 0 Å². The topological polar surface area (TPSA) is 88.2 Å². The van der Waals surface area contributed by atoms with Crippen molar-refractivity contribution < 1.29 is 23.9 Å². The average Bonchev–Trinajstić information content (AvgIpc) is 3.16. The van der Waals surface area contributed by atoms with Gasteiger partial charge >= 0.3 is 6.09 Å². The number of thiocarbonyl (C=S) groups is 1. The van der Waals surface area contributed by atoms with E-state index in [0.29, 0.717) is 44.8 Å². The lowest BCUT2D eigenvalue weighted by atomic mass is 10.0. The van der Waals surface area contributed by atoms with Gasteiger partial charge < -0.3 is 19.7 Å². The van der Waals surface area contributed by atoms with Crippen LogP contribution in [0.1, 0.15) is 13.3 Å². The highest BCUT2D eigenvalue weighted by atomic mass is 35.5. The minimum Gasteiger partial charge on any atom is -0.442 e. The predicted molar refractivity (Wildman–Crippen MR) is 129 cm³/mol. The zero-order valence-electron chi connectivity index (χ0n) is 17.7. The van der Waals surface area contributed by atoms with E-state index in [0.717, 1.165) is 0 Å². The molecule has 2 atom stereocenters. The van der Waals surface area contributed by atoms with Crippen molar-refractivity contribution in [3.05, 3.63) is 46.0 Å². The van der Waals surface area contributed by atoms with Gasteiger partial charge in [0.15, 0.2) is 0 Å². The third-order valence-corrected chi connectivity index (χ3v) is 6.39. The summed E-state index contributed by atoms with van der Waals surface area (Å²) in [7, 11) is 0. The molecular weight excluding hydrogens is 489 g/mol. The Bertz CT molecular complexity index is 1090. The maximum absolute atomic E-state index is 12.5. The van der Waals surface area contributed by atoms with Crippen LogP contribution in [0.3, 0.4) is 0 Å². The molecular formula is C22H21Cl2N3O5S. The zero-order chi connectivity index (χ0) is 23.7. The van der Waals surface area contributed by atoms with Crippen molar-refractivity contribution in [3.63, 3.8) is 0 Å². The van der Waals surface area contributed by atoms with Crippen LogP contribution >= 0.6 is 35.4 Å². The maximum atomic E-state index is 12.5. The molecule has 3 amide bonds. The van der Waals surface area contributed by atoms with Gasteiger partial charge in [-0.3, -0.25) is 14.5 Å². The standard InChI is InChI=1S/C22H21Cl2N3O5S/c1-12-9-27(20(28)11-31-12)18-4-3-14(7-17(18)24)26-10-15(32-22(26)30)8-25-21(29)16-6-13(23)2-5-19(16)33/h2-4,6-7,12,15H,5,8-11H2,1H3,(H,25,29). The number of ether oxygens (including phenoxy) is 2. The molecule has 8 nitrogen and oxygen atoms in total. The largest absolute Gasteiger partial charge is 0.442 e. The number of halogens is 2. The van der Waals surface area contributed by atoms with Crippen molar-refractivity contribution in [2.45, 2.75) is 25.6 Å². The highest BCUT2D eigenvalue weighted by molar-refractivity contribution is 7.81. The number of carbonyl (C=O) groups is 3. The second-order valence-electron chi connectivity index (χ2n) is 7.86. The molecule has 1 aliphatic carbocycles. The molecule has 0 radical (unpaired) electrons. The second-order valence-corrected chi connectivity index (χ2v) is 9.20. The lowest BCUT2D eigenvalue weighted by molar-refractivity contribution is -0.128. The van der Waals surface area contributed by atoms with Gasteiger partial charge in [0.05, 0.1) is 42.0 Å². The van der Waals surface area contributed by atoms with E-state index < -0.39 is 12.2 Å². The first-order valence-corrected chi connectivity index (χ1v) is 11.5. The van der Waals surface area contributed by atoms with Crippen molar-refractivity contribution in [1.82, 2.24) is 5.32 Å². The Kier molecular flexibility index (Phi) is 7.04. The number of anilines is 2. The summed E-state index contributed by atoms with van der Waals surface area (Å²) in [6.45, 7) is 2.62. The van der Waals surface area contributed by atoms with E-state index in [4.69, 9.17) is 44.9 Å². The quantitative estimate of drug-likeness (QED) is 0.612. The Morgan fingerprint density at radius 2 is 2.03 bits per heavy atom. The summed E-state index contributed by atoms with van der Waals surface area (Å²) in [5.74, 6) is -0.541. The number of nitrogens with one attached hydrogen (secondary N) is 1. The fourth-order valence-electron chi connectivity index (χ4n) is 3.73. The van der Waals surface area contributed by atoms with Crippen LogP contribution in [0.4, 0.5) is 16.2 Å². The van der Waals surface area contributed by atoms with E-state index in [-0.39, 0.29) is 37.6 Å². The van der Waals surface area contributed by atoms with Crippen molar-refractivity contribution in [2.24, 2.45) is 0 Å². The summed E-state index contributed by atoms with van der Waals surface area (Å²) in [5, 5.41) is 3.54. The zero-order valence-corrected chi connectivity index (χ0v) is 20.0. The molecule has 174 valence electrons. The van der Waals surface area contributed by atoms with Gasteiger partial charge in [0.1, 0.15) is 12.7 Å². The summed E-state index contributed by atoms with van der Waals surface area (Å²) >= 11 is 17.6. The minimum atomic E-state index is -0.551. The highest BCUT2D eigenvalue weighted by Crippen LogP contribution is 2.33. The summed E-state index contributed by atoms with van der Waals surface area (Å²) in [5.41, 5.74) is 1.43. The number of hydrogen-bond acceptors (Lipinski definition) is 6. The number of rotatable bonds is 5. The molecule has 0 bridgehead atoms. The van der Waals surface area contributed by atoms with Crippen LogP contribution in [0, 0.1) is 0 Å². The maximum Gasteiger partial charge on any atom is 0.414 e. The molecule has 0 spiro atoms. The van der Waals surface area contributed by atoms with Gasteiger partial charge in [0, 0.05) is 22.0 Å². The number of allylic oxidation sites excluding steroid dienone is 3. The van der Waals surface area contributed by atoms with Crippen LogP contribution in [0.25, 0.3) is 0 Å². The lowest BCUT2D eigenvalue weighted by Gasteiger charge is -2.31. The number of nitrogens with zero attached hydrogens (tertiary/aromatic N) is 2. The number of hydrogen-bond donors (Lipinski definition) is 1. The molecule has 2 aliphatic heterocycles. The fraction of sp³-hybridized carbons (Fsp3) is 0.364. The molecule has 1 aromatic rings. The van der Waals surface area contributed by atoms with E-state index in [2.05, 4.69) is 5.32 Å². The van der Waals surface area contributed by atoms with Crippen LogP contribution in [0.15, 0.2) is 41.0 Å². The predicted octanol–water partition coefficient (Wildman–Crippen LogP) is 3.36. The van der Waals surface area contributed by atoms with Crippen LogP contribution in [0.2, 0.25) is 5.02 Å². The van der Waals surface area contributed by atoms with E-state index in [9.17, 15) is 14.4 Å². The second kappa shape index (κ2) is 9.80. The molecule has 11 heteroatoms. The summed E-state index contributed by atoms with van der Waals surface area (Å²) in [6, 6.07) is 5.02. The van der Waals surface area contributed by atoms with Gasteiger partial charge in [-0.05, 0) is 31.2 Å². The first kappa shape index (κ1) is 23.7. The molecule has 4 rings (SSSR count). The highest BCUT2D eigenvalue weighted by Gasteiger charge is 2.34. The van der Waals surface area contributed by atoms with Crippen molar-refractivity contribution in [2.75, 3.05) is 36.0 Å². The first-order chi connectivity index (χ1) is 15.7. The SMILES string of the molecule is CC1CN(c2ccc(N3CC(CNC(=O)C4=CC(Cl)=CCC4=S)OC3=O)cc2Cl)C(=O)CO1. The van der Waals surface area contributed by atoms with E-state index in [1.54, 1.807) is 29.2 Å². The number of benzene rings is 1. The Morgan fingerprint density at radius 3 is 2.79 bits per heavy atom. The van der Waals surface area contributed by atoms with Crippen LogP contribution in [-0.4, -0.2) is 61.2 Å². The number of cyclic esters (lactones) is 1. The fourth-order valence-corrected chi connectivity index (χ4v) is 4.43. The van der Waals surface area contributed by atoms with Crippen LogP contribution in [-0.2, 0) is 19.1 Å². The van der Waals surface area contributed by atoms with Gasteiger partial charge in [0.2, 0.25) is 0 Å². The number of amides is 3. The molecule has 2 saturated heterocycles. The monoisotopic (exact) mass is 509 g/mol. The Balaban J connectivity index is 1.39. The van der Waals surface area contributed by atoms with E-state index in [1.165, 1.54) is 11.0 Å². The Hall–Kier alpha value is -2.46. The van der Waals surface area contributed by atoms with Gasteiger partial charge in [-0.2, -0.15) is 0 Å². The third-order valence-electron chi connectivity index (χ3n) is 5.44. The third kappa shape index (κ3) is 5.22. The van der Waals surface area contributed by atoms with Crippen molar-refractivity contribution in [1.29, 1.82) is 0 Å². The van der Waals surface area contributed by atoms with E-state index in [1.807, 2.05) is 6.92 Å². The summed E-state index contributed by atoms with van der Waals surface area (Å²) in [6.07, 6.45) is 2.50. The van der Waals surface area contributed by atoms with Crippen LogP contribution in [0.5, 0.6) is 0 Å². The van der Waals surface area contributed by atoms with Gasteiger partial charge in [0.25, 0.3) is 11.8 Å². The normalized spacial score (nSPS) is 23.3. The Labute approximate surface area is 206 Å². The van der Waals surface area contributed by atoms with Crippen molar-refractivity contribution in [3.8, 4) is 0 Å². The molecule has 2 unspecified atom stereocenters. The summed E-state index contributed by atoms with van der Waals surface area (Å²) < 4.78 is 10.7. The Morgan fingerprint density at radius 1 is 1.24 bits per heavy atom. The molecule has 3 aliphatic rings. The lowest BCUT2D eigenvalue weighted by Crippen LogP contribution is -2.45. The van der Waals surface area contributed by atoms with Crippen molar-refractivity contribution >= 4 is 69.6 Å². The molecule has 1 aromatic carbocycles. The molecule has 33 heavy (non-hydrogen) atoms. The van der Waals surface area contributed by atoms with Gasteiger partial charge in [-0.25, -0.2) is 4.79 Å². The van der Waals surface area contributed by atoms with E-state index >= 15 is 0 Å². The minimum absolute atomic E-state index is 0.00475. The molecule has 2 heterocycles. The summed E-state index contributed by atoms with van der Waals surface area (Å²) in [4.78, 5) is 40.6. The first-order valence-electron chi connectivity index (χ1n) is 10.3. The molecule has 1 N–H and O–H groups in total. The smallest absolute Gasteiger partial charge is 0.414 e. The number of morpholine rings is 1. The van der Waals surface area contributed by atoms with Crippen LogP contribution < -0.4 is 15.1 Å². The molecule has 2 fully saturated rings. The molecule has 0 aromatic heterocycles. The number of carbonyl (C=O) groups excluding carboxylic acids is 3. The molecule has 0 saturated carbocycles.